The number of rotatable bonds is 4. The van der Waals surface area contributed by atoms with Crippen molar-refractivity contribution in [2.45, 2.75) is 0 Å². The lowest BCUT2D eigenvalue weighted by Gasteiger charge is -2.11. The Labute approximate surface area is 252 Å². The maximum absolute atomic E-state index is 6.24. The van der Waals surface area contributed by atoms with Gasteiger partial charge in [0, 0.05) is 32.7 Å². The Morgan fingerprint density at radius 2 is 0.955 bits per heavy atom. The van der Waals surface area contributed by atoms with E-state index < -0.39 is 0 Å². The second-order valence-corrected chi connectivity index (χ2v) is 10.9. The largest absolute Gasteiger partial charge is 0.456 e. The van der Waals surface area contributed by atoms with Crippen LogP contribution in [0.2, 0.25) is 0 Å². The van der Waals surface area contributed by atoms with Crippen molar-refractivity contribution >= 4 is 43.7 Å². The lowest BCUT2D eigenvalue weighted by molar-refractivity contribution is 0.669. The number of fused-ring (bicyclic) bond motifs is 6. The summed E-state index contributed by atoms with van der Waals surface area (Å²) >= 11 is 0. The molecule has 0 amide bonds. The number of furan rings is 1. The maximum atomic E-state index is 6.24. The van der Waals surface area contributed by atoms with Crippen molar-refractivity contribution in [1.29, 1.82) is 0 Å². The molecule has 0 fully saturated rings. The van der Waals surface area contributed by atoms with Gasteiger partial charge in [-0.1, -0.05) is 109 Å². The van der Waals surface area contributed by atoms with Crippen molar-refractivity contribution in [2.24, 2.45) is 0 Å². The van der Waals surface area contributed by atoms with Crippen LogP contribution in [0, 0.1) is 0 Å². The van der Waals surface area contributed by atoms with Gasteiger partial charge >= 0.3 is 0 Å². The molecule has 5 nitrogen and oxygen atoms in total. The molecule has 3 heterocycles. The standard InChI is InChI=1S/C39H24N4O/c1-2-11-25(12-3-1)26-13-10-14-27(23-26)37-40-38(28-21-22-32-31-17-6-9-20-35(31)44-36(32)24-28)42-39(41-37)43-33-18-7-4-15-29(33)30-16-5-8-19-34(30)43/h1-24H. The number of hydrogen-bond acceptors (Lipinski definition) is 4. The second-order valence-electron chi connectivity index (χ2n) is 10.9. The van der Waals surface area contributed by atoms with Crippen LogP contribution in [-0.4, -0.2) is 19.5 Å². The topological polar surface area (TPSA) is 56.7 Å². The Balaban J connectivity index is 1.30. The monoisotopic (exact) mass is 564 g/mol. The molecule has 0 unspecified atom stereocenters. The van der Waals surface area contributed by atoms with E-state index in [0.717, 1.165) is 66.0 Å². The zero-order valence-corrected chi connectivity index (χ0v) is 23.6. The summed E-state index contributed by atoms with van der Waals surface area (Å²) in [7, 11) is 0. The van der Waals surface area contributed by atoms with E-state index in [2.05, 4.69) is 120 Å². The van der Waals surface area contributed by atoms with Gasteiger partial charge in [0.25, 0.3) is 0 Å². The lowest BCUT2D eigenvalue weighted by Crippen LogP contribution is -2.06. The van der Waals surface area contributed by atoms with Crippen LogP contribution in [0.5, 0.6) is 0 Å². The zero-order chi connectivity index (χ0) is 29.0. The molecule has 5 heteroatoms. The predicted molar refractivity (Wildman–Crippen MR) is 178 cm³/mol. The van der Waals surface area contributed by atoms with Crippen LogP contribution >= 0.6 is 0 Å². The summed E-state index contributed by atoms with van der Waals surface area (Å²) in [5.41, 5.74) is 7.78. The molecule has 0 spiro atoms. The first-order valence-electron chi connectivity index (χ1n) is 14.6. The molecule has 44 heavy (non-hydrogen) atoms. The summed E-state index contributed by atoms with van der Waals surface area (Å²) in [4.78, 5) is 15.3. The minimum absolute atomic E-state index is 0.567. The van der Waals surface area contributed by atoms with Crippen molar-refractivity contribution in [2.75, 3.05) is 0 Å². The van der Waals surface area contributed by atoms with Gasteiger partial charge in [-0.25, -0.2) is 4.98 Å². The number of nitrogens with zero attached hydrogens (tertiary/aromatic N) is 4. The molecule has 9 rings (SSSR count). The predicted octanol–water partition coefficient (Wildman–Crippen LogP) is 9.87. The van der Waals surface area contributed by atoms with Crippen LogP contribution < -0.4 is 0 Å². The Morgan fingerprint density at radius 1 is 0.386 bits per heavy atom. The third-order valence-electron chi connectivity index (χ3n) is 8.27. The van der Waals surface area contributed by atoms with Crippen molar-refractivity contribution in [3.63, 3.8) is 0 Å². The molecule has 3 aromatic heterocycles. The average molecular weight is 565 g/mol. The van der Waals surface area contributed by atoms with Gasteiger partial charge in [0.15, 0.2) is 11.6 Å². The Hall–Kier alpha value is -6.07. The SMILES string of the molecule is c1ccc(-c2cccc(-c3nc(-c4ccc5c(c4)oc4ccccc45)nc(-n4c5ccccc5c5ccccc54)n3)c2)cc1. The van der Waals surface area contributed by atoms with Crippen LogP contribution in [-0.2, 0) is 0 Å². The molecule has 0 aliphatic rings. The molecule has 206 valence electrons. The summed E-state index contributed by atoms with van der Waals surface area (Å²) in [5, 5.41) is 4.47. The molecule has 0 radical (unpaired) electrons. The van der Waals surface area contributed by atoms with Gasteiger partial charge in [-0.3, -0.25) is 4.57 Å². The van der Waals surface area contributed by atoms with Crippen LogP contribution in [0.25, 0.3) is 83.6 Å². The van der Waals surface area contributed by atoms with Crippen LogP contribution in [0.1, 0.15) is 0 Å². The van der Waals surface area contributed by atoms with E-state index in [-0.39, 0.29) is 0 Å². The summed E-state index contributed by atoms with van der Waals surface area (Å²) in [6.07, 6.45) is 0. The van der Waals surface area contributed by atoms with Crippen LogP contribution in [0.3, 0.4) is 0 Å². The first-order valence-corrected chi connectivity index (χ1v) is 14.6. The van der Waals surface area contributed by atoms with Gasteiger partial charge in [0.1, 0.15) is 11.2 Å². The molecular formula is C39H24N4O. The van der Waals surface area contributed by atoms with Gasteiger partial charge in [0.2, 0.25) is 5.95 Å². The number of hydrogen-bond donors (Lipinski definition) is 0. The average Bonchev–Trinajstić information content (AvgIpc) is 3.64. The molecule has 6 aromatic carbocycles. The molecule has 0 saturated carbocycles. The summed E-state index contributed by atoms with van der Waals surface area (Å²) in [5.74, 6) is 1.76. The lowest BCUT2D eigenvalue weighted by atomic mass is 10.0. The fourth-order valence-electron chi connectivity index (χ4n) is 6.19. The summed E-state index contributed by atoms with van der Waals surface area (Å²) < 4.78 is 8.37. The minimum atomic E-state index is 0.567. The minimum Gasteiger partial charge on any atom is -0.456 e. The van der Waals surface area contributed by atoms with E-state index in [1.54, 1.807) is 0 Å². The molecule has 0 aliphatic carbocycles. The highest BCUT2D eigenvalue weighted by atomic mass is 16.3. The fourth-order valence-corrected chi connectivity index (χ4v) is 6.19. The van der Waals surface area contributed by atoms with Crippen LogP contribution in [0.4, 0.5) is 0 Å². The molecule has 0 bridgehead atoms. The number of benzene rings is 6. The zero-order valence-electron chi connectivity index (χ0n) is 23.6. The fraction of sp³-hybridized carbons (Fsp3) is 0. The quantitative estimate of drug-likeness (QED) is 0.213. The van der Waals surface area contributed by atoms with Gasteiger partial charge in [-0.15, -0.1) is 0 Å². The number of aromatic nitrogens is 4. The van der Waals surface area contributed by atoms with Gasteiger partial charge in [-0.05, 0) is 47.5 Å². The third kappa shape index (κ3) is 3.91. The van der Waals surface area contributed by atoms with E-state index >= 15 is 0 Å². The van der Waals surface area contributed by atoms with Gasteiger partial charge in [-0.2, -0.15) is 9.97 Å². The Bertz CT molecular complexity index is 2460. The van der Waals surface area contributed by atoms with Crippen LogP contribution in [0.15, 0.2) is 150 Å². The highest BCUT2D eigenvalue weighted by Crippen LogP contribution is 2.35. The van der Waals surface area contributed by atoms with E-state index in [1.165, 1.54) is 0 Å². The normalized spacial score (nSPS) is 11.6. The van der Waals surface area contributed by atoms with E-state index in [1.807, 2.05) is 30.3 Å². The van der Waals surface area contributed by atoms with Crippen molar-refractivity contribution in [3.05, 3.63) is 146 Å². The highest BCUT2D eigenvalue weighted by Gasteiger charge is 2.18. The van der Waals surface area contributed by atoms with E-state index in [9.17, 15) is 0 Å². The van der Waals surface area contributed by atoms with Crippen molar-refractivity contribution < 1.29 is 4.42 Å². The van der Waals surface area contributed by atoms with Crippen molar-refractivity contribution in [1.82, 2.24) is 19.5 Å². The van der Waals surface area contributed by atoms with E-state index in [0.29, 0.717) is 17.6 Å². The summed E-state index contributed by atoms with van der Waals surface area (Å²) in [6, 6.07) is 49.8. The molecule has 0 N–H and O–H groups in total. The van der Waals surface area contributed by atoms with Gasteiger partial charge in [0.05, 0.1) is 11.0 Å². The third-order valence-corrected chi connectivity index (χ3v) is 8.27. The molecule has 0 aliphatic heterocycles. The van der Waals surface area contributed by atoms with Crippen molar-refractivity contribution in [3.8, 4) is 39.9 Å². The molecular weight excluding hydrogens is 540 g/mol. The van der Waals surface area contributed by atoms with E-state index in [4.69, 9.17) is 19.4 Å². The maximum Gasteiger partial charge on any atom is 0.238 e. The first-order chi connectivity index (χ1) is 21.8. The summed E-state index contributed by atoms with van der Waals surface area (Å²) in [6.45, 7) is 0. The smallest absolute Gasteiger partial charge is 0.238 e. The first kappa shape index (κ1) is 24.5. The highest BCUT2D eigenvalue weighted by molar-refractivity contribution is 6.09. The second kappa shape index (κ2) is 9.75. The van der Waals surface area contributed by atoms with Gasteiger partial charge < -0.3 is 4.42 Å². The molecule has 9 aromatic rings. The molecule has 0 saturated heterocycles. The molecule has 0 atom stereocenters. The Kier molecular flexibility index (Phi) is 5.43. The number of para-hydroxylation sites is 3. The Morgan fingerprint density at radius 3 is 1.70 bits per heavy atom.